The summed E-state index contributed by atoms with van der Waals surface area (Å²) in [4.78, 5) is 2.45. The molecule has 0 saturated carbocycles. The van der Waals surface area contributed by atoms with Gasteiger partial charge < -0.3 is 28.8 Å². The van der Waals surface area contributed by atoms with Crippen molar-refractivity contribution in [1.82, 2.24) is 4.90 Å². The number of nitrogens with zero attached hydrogens (tertiary/aromatic N) is 1. The van der Waals surface area contributed by atoms with Crippen LogP contribution in [0.4, 0.5) is 0 Å². The number of hydrogen-bond donors (Lipinski definition) is 1. The van der Waals surface area contributed by atoms with Gasteiger partial charge in [-0.15, -0.1) is 0 Å². The van der Waals surface area contributed by atoms with Gasteiger partial charge in [-0.25, -0.2) is 0 Å². The van der Waals surface area contributed by atoms with E-state index >= 15 is 0 Å². The molecule has 2 aromatic rings. The molecular formula is C24H29NO6. The van der Waals surface area contributed by atoms with E-state index in [9.17, 15) is 5.11 Å². The van der Waals surface area contributed by atoms with E-state index in [1.54, 1.807) is 14.2 Å². The van der Waals surface area contributed by atoms with Crippen molar-refractivity contribution in [1.29, 1.82) is 0 Å². The van der Waals surface area contributed by atoms with E-state index in [0.717, 1.165) is 35.7 Å². The highest BCUT2D eigenvalue weighted by atomic mass is 16.7. The fraction of sp³-hybridized carbons (Fsp3) is 0.500. The van der Waals surface area contributed by atoms with Crippen LogP contribution < -0.4 is 23.7 Å². The molecule has 2 aromatic carbocycles. The molecule has 7 heteroatoms. The maximum atomic E-state index is 10.4. The van der Waals surface area contributed by atoms with Gasteiger partial charge in [0.15, 0.2) is 29.2 Å². The highest BCUT2D eigenvalue weighted by molar-refractivity contribution is 5.59. The van der Waals surface area contributed by atoms with E-state index < -0.39 is 0 Å². The van der Waals surface area contributed by atoms with Crippen LogP contribution in [-0.4, -0.2) is 50.3 Å². The number of fused-ring (bicyclic) bond motifs is 2. The Morgan fingerprint density at radius 3 is 2.19 bits per heavy atom. The lowest BCUT2D eigenvalue weighted by Gasteiger charge is -2.44. The highest BCUT2D eigenvalue weighted by Gasteiger charge is 2.41. The molecule has 3 aliphatic heterocycles. The summed E-state index contributed by atoms with van der Waals surface area (Å²) < 4.78 is 28.7. The Bertz CT molecular complexity index is 946. The van der Waals surface area contributed by atoms with Crippen molar-refractivity contribution in [3.05, 3.63) is 35.4 Å². The Morgan fingerprint density at radius 1 is 0.903 bits per heavy atom. The fourth-order valence-electron chi connectivity index (χ4n) is 5.13. The van der Waals surface area contributed by atoms with Crippen molar-refractivity contribution in [3.63, 3.8) is 0 Å². The Labute approximate surface area is 182 Å². The molecule has 0 unspecified atom stereocenters. The van der Waals surface area contributed by atoms with Crippen LogP contribution >= 0.6 is 0 Å². The molecule has 1 fully saturated rings. The van der Waals surface area contributed by atoms with Crippen molar-refractivity contribution < 1.29 is 28.8 Å². The number of rotatable bonds is 4. The molecule has 5 rings (SSSR count). The first-order valence-electron chi connectivity index (χ1n) is 10.9. The number of piperidine rings is 1. The first-order valence-corrected chi connectivity index (χ1v) is 10.9. The van der Waals surface area contributed by atoms with Crippen molar-refractivity contribution in [3.8, 4) is 34.5 Å². The van der Waals surface area contributed by atoms with Crippen LogP contribution in [0.25, 0.3) is 0 Å². The van der Waals surface area contributed by atoms with Gasteiger partial charge >= 0.3 is 0 Å². The minimum atomic E-state index is -0.0519. The van der Waals surface area contributed by atoms with Gasteiger partial charge in [-0.3, -0.25) is 4.90 Å². The van der Waals surface area contributed by atoms with Gasteiger partial charge in [0.1, 0.15) is 5.75 Å². The second-order valence-electron chi connectivity index (χ2n) is 8.46. The van der Waals surface area contributed by atoms with Crippen LogP contribution in [0.15, 0.2) is 24.3 Å². The van der Waals surface area contributed by atoms with Gasteiger partial charge in [0, 0.05) is 36.6 Å². The van der Waals surface area contributed by atoms with Crippen LogP contribution in [0.1, 0.15) is 43.2 Å². The predicted octanol–water partition coefficient (Wildman–Crippen LogP) is 4.11. The summed E-state index contributed by atoms with van der Waals surface area (Å²) in [6.45, 7) is 4.51. The predicted molar refractivity (Wildman–Crippen MR) is 115 cm³/mol. The molecular weight excluding hydrogens is 398 g/mol. The van der Waals surface area contributed by atoms with E-state index in [4.69, 9.17) is 23.7 Å². The van der Waals surface area contributed by atoms with Gasteiger partial charge in [0.05, 0.1) is 14.2 Å². The molecule has 7 nitrogen and oxygen atoms in total. The number of phenolic OH excluding ortho intramolecular Hbond substituents is 1. The minimum absolute atomic E-state index is 0.00644. The van der Waals surface area contributed by atoms with Gasteiger partial charge in [-0.2, -0.15) is 0 Å². The Balaban J connectivity index is 1.64. The first kappa shape index (κ1) is 20.1. The third-order valence-electron chi connectivity index (χ3n) is 6.68. The Hall–Kier alpha value is -2.80. The van der Waals surface area contributed by atoms with Crippen LogP contribution in [-0.2, 0) is 0 Å². The van der Waals surface area contributed by atoms with Gasteiger partial charge in [-0.1, -0.05) is 13.3 Å². The first-order chi connectivity index (χ1) is 15.1. The van der Waals surface area contributed by atoms with Crippen LogP contribution in [0.2, 0.25) is 0 Å². The molecule has 1 saturated heterocycles. The van der Waals surface area contributed by atoms with E-state index in [2.05, 4.69) is 11.8 Å². The summed E-state index contributed by atoms with van der Waals surface area (Å²) in [5, 5.41) is 10.4. The number of benzene rings is 2. The van der Waals surface area contributed by atoms with Crippen molar-refractivity contribution >= 4 is 0 Å². The maximum Gasteiger partial charge on any atom is 0.231 e. The Morgan fingerprint density at radius 2 is 1.55 bits per heavy atom. The van der Waals surface area contributed by atoms with Gasteiger partial charge in [-0.05, 0) is 36.6 Å². The lowest BCUT2D eigenvalue weighted by molar-refractivity contribution is -0.0403. The monoisotopic (exact) mass is 427 g/mol. The number of likely N-dealkylation sites (tertiary alicyclic amines) is 1. The summed E-state index contributed by atoms with van der Waals surface area (Å²) in [5.41, 5.74) is 2.05. The number of methoxy groups -OCH3 is 2. The summed E-state index contributed by atoms with van der Waals surface area (Å²) in [7, 11) is 3.10. The number of aromatic hydroxyl groups is 1. The van der Waals surface area contributed by atoms with E-state index in [0.29, 0.717) is 17.2 Å². The third kappa shape index (κ3) is 3.41. The van der Waals surface area contributed by atoms with Crippen molar-refractivity contribution in [2.75, 3.05) is 34.1 Å². The number of ether oxygens (including phenoxy) is 5. The zero-order chi connectivity index (χ0) is 21.5. The molecule has 0 aromatic heterocycles. The van der Waals surface area contributed by atoms with Crippen molar-refractivity contribution in [2.45, 2.75) is 38.3 Å². The fourth-order valence-corrected chi connectivity index (χ4v) is 5.13. The average Bonchev–Trinajstić information content (AvgIpc) is 3.25. The lowest BCUT2D eigenvalue weighted by Crippen LogP contribution is -2.50. The standard InChI is InChI=1S/C24H29NO6/c1-14-22(15-9-20(27-2)23(26)21(10-15)28-3)16-11-18-19(30-13-29-18)12-17(16)31-24(14)25-7-5-4-6-8-25/h9-12,14,22,24,26H,4-8,13H2,1-3H3/t14-,22-,24+/m1/s1. The Kier molecular flexibility index (Phi) is 5.22. The maximum absolute atomic E-state index is 10.4. The molecule has 0 bridgehead atoms. The second kappa shape index (κ2) is 8.04. The molecule has 166 valence electrons. The molecule has 0 amide bonds. The normalized spacial score (nSPS) is 24.9. The molecule has 1 N–H and O–H groups in total. The molecule has 0 spiro atoms. The third-order valence-corrected chi connectivity index (χ3v) is 6.68. The largest absolute Gasteiger partial charge is 0.502 e. The van der Waals surface area contributed by atoms with Gasteiger partial charge in [0.2, 0.25) is 12.5 Å². The van der Waals surface area contributed by atoms with E-state index in [1.165, 1.54) is 19.3 Å². The zero-order valence-electron chi connectivity index (χ0n) is 18.2. The average molecular weight is 427 g/mol. The summed E-state index contributed by atoms with van der Waals surface area (Å²) in [6, 6.07) is 7.76. The van der Waals surface area contributed by atoms with Gasteiger partial charge in [0.25, 0.3) is 0 Å². The molecule has 0 radical (unpaired) electrons. The topological polar surface area (TPSA) is 69.6 Å². The summed E-state index contributed by atoms with van der Waals surface area (Å²) in [5.74, 6) is 3.22. The SMILES string of the molecule is COc1cc([C@@H]2c3cc4c(cc3O[C@H](N3CCCCC3)[C@@H]2C)OCO4)cc(OC)c1O. The molecule has 3 aliphatic rings. The second-order valence-corrected chi connectivity index (χ2v) is 8.46. The summed E-state index contributed by atoms with van der Waals surface area (Å²) in [6.07, 6.45) is 3.59. The number of phenols is 1. The highest BCUT2D eigenvalue weighted by Crippen LogP contribution is 2.51. The molecule has 31 heavy (non-hydrogen) atoms. The van der Waals surface area contributed by atoms with Crippen LogP contribution in [0.3, 0.4) is 0 Å². The van der Waals surface area contributed by atoms with Crippen LogP contribution in [0, 0.1) is 5.92 Å². The molecule has 0 aliphatic carbocycles. The van der Waals surface area contributed by atoms with Crippen molar-refractivity contribution in [2.24, 2.45) is 5.92 Å². The molecule has 3 heterocycles. The smallest absolute Gasteiger partial charge is 0.231 e. The zero-order valence-corrected chi connectivity index (χ0v) is 18.2. The van der Waals surface area contributed by atoms with E-state index in [-0.39, 0.29) is 30.6 Å². The molecule has 3 atom stereocenters. The quantitative estimate of drug-likeness (QED) is 0.787. The minimum Gasteiger partial charge on any atom is -0.502 e. The number of hydrogen-bond acceptors (Lipinski definition) is 7. The van der Waals surface area contributed by atoms with E-state index in [1.807, 2.05) is 24.3 Å². The lowest BCUT2D eigenvalue weighted by atomic mass is 9.77. The van der Waals surface area contributed by atoms with Crippen LogP contribution in [0.5, 0.6) is 34.5 Å². The summed E-state index contributed by atoms with van der Waals surface area (Å²) >= 11 is 0.